The summed E-state index contributed by atoms with van der Waals surface area (Å²) in [4.78, 5) is 65.1. The lowest BCUT2D eigenvalue weighted by Crippen LogP contribution is -2.44. The van der Waals surface area contributed by atoms with E-state index in [1.165, 1.54) is 6.07 Å². The number of hydrogen-bond donors (Lipinski definition) is 6. The van der Waals surface area contributed by atoms with Crippen molar-refractivity contribution in [3.8, 4) is 5.75 Å². The van der Waals surface area contributed by atoms with Crippen molar-refractivity contribution in [3.63, 3.8) is 0 Å². The molecule has 1 aliphatic rings. The van der Waals surface area contributed by atoms with Crippen LogP contribution >= 0.6 is 15.2 Å². The molecule has 35 heavy (non-hydrogen) atoms. The molecule has 3 rings (SSSR count). The number of ether oxygens (including phenoxy) is 1. The largest absolute Gasteiger partial charge is 0.511 e. The highest BCUT2D eigenvalue weighted by Crippen LogP contribution is 2.69. The molecule has 1 fully saturated rings. The van der Waals surface area contributed by atoms with E-state index in [4.69, 9.17) is 5.11 Å². The lowest BCUT2D eigenvalue weighted by Gasteiger charge is -2.34. The Bertz CT molecular complexity index is 1270. The Hall–Kier alpha value is -2.35. The van der Waals surface area contributed by atoms with Gasteiger partial charge in [0.05, 0.1) is 22.8 Å². The Kier molecular flexibility index (Phi) is 7.47. The van der Waals surface area contributed by atoms with Crippen LogP contribution in [-0.4, -0.2) is 83.7 Å². The SMILES string of the molecule is CN1CCN(c2cc3c(cc2F)c(=O)c(OC(=O)O)cn3CCC(O)(P(=O)(O)O)P(=O)(O)O)CC1. The zero-order chi connectivity index (χ0) is 26.3. The van der Waals surface area contributed by atoms with Crippen molar-refractivity contribution in [1.29, 1.82) is 0 Å². The fourth-order valence-corrected chi connectivity index (χ4v) is 5.89. The van der Waals surface area contributed by atoms with Crippen LogP contribution in [0.1, 0.15) is 6.42 Å². The number of halogens is 1. The fourth-order valence-electron chi connectivity index (χ4n) is 3.75. The van der Waals surface area contributed by atoms with Gasteiger partial charge < -0.3 is 48.9 Å². The molecule has 0 aliphatic carbocycles. The third kappa shape index (κ3) is 5.42. The van der Waals surface area contributed by atoms with E-state index in [0.29, 0.717) is 26.2 Å². The summed E-state index contributed by atoms with van der Waals surface area (Å²) >= 11 is 0. The number of likely N-dealkylation sites (N-methyl/N-ethyl adjacent to an activating group) is 1. The summed E-state index contributed by atoms with van der Waals surface area (Å²) in [5, 5.41) is 15.0. The third-order valence-corrected chi connectivity index (χ3v) is 9.65. The van der Waals surface area contributed by atoms with Gasteiger partial charge in [-0.25, -0.2) is 9.18 Å². The highest BCUT2D eigenvalue weighted by atomic mass is 31.2. The second-order valence-corrected chi connectivity index (χ2v) is 12.1. The van der Waals surface area contributed by atoms with Crippen molar-refractivity contribution >= 4 is 37.9 Å². The van der Waals surface area contributed by atoms with Crippen molar-refractivity contribution in [2.75, 3.05) is 38.1 Å². The summed E-state index contributed by atoms with van der Waals surface area (Å²) in [6, 6.07) is 2.12. The maximum absolute atomic E-state index is 15.0. The quantitative estimate of drug-likeness (QED) is 0.207. The standard InChI is InChI=1S/C18H24FN3O11P2/c1-20-4-6-21(7-5-20)14-9-13-11(8-12(14)19)16(23)15(33-17(24)25)10-22(13)3-2-18(26,34(27,28)29)35(30,31)32/h8-10,26H,2-7H2,1H3,(H,24,25)(H2,27,28,29)(H2,30,31,32). The van der Waals surface area contributed by atoms with Gasteiger partial charge >= 0.3 is 21.3 Å². The summed E-state index contributed by atoms with van der Waals surface area (Å²) in [5.41, 5.74) is -0.949. The van der Waals surface area contributed by atoms with E-state index in [-0.39, 0.29) is 16.6 Å². The van der Waals surface area contributed by atoms with Crippen LogP contribution in [0.2, 0.25) is 0 Å². The monoisotopic (exact) mass is 539 g/mol. The van der Waals surface area contributed by atoms with E-state index in [1.807, 2.05) is 11.9 Å². The first-order chi connectivity index (χ1) is 16.0. The van der Waals surface area contributed by atoms with Gasteiger partial charge in [-0.1, -0.05) is 0 Å². The molecule has 0 radical (unpaired) electrons. The first kappa shape index (κ1) is 27.2. The Morgan fingerprint density at radius 1 is 1.11 bits per heavy atom. The molecule has 1 aliphatic heterocycles. The van der Waals surface area contributed by atoms with E-state index in [9.17, 15) is 47.8 Å². The molecule has 0 saturated carbocycles. The van der Waals surface area contributed by atoms with Gasteiger partial charge in [0.15, 0.2) is 5.75 Å². The lowest BCUT2D eigenvalue weighted by atomic mass is 10.1. The van der Waals surface area contributed by atoms with E-state index < -0.39 is 56.4 Å². The van der Waals surface area contributed by atoms with Crippen LogP contribution in [0, 0.1) is 5.82 Å². The van der Waals surface area contributed by atoms with Crippen LogP contribution in [0.3, 0.4) is 0 Å². The molecule has 2 heterocycles. The molecule has 0 amide bonds. The van der Waals surface area contributed by atoms with Crippen LogP contribution in [0.25, 0.3) is 10.9 Å². The molecule has 14 nitrogen and oxygen atoms in total. The van der Waals surface area contributed by atoms with Crippen LogP contribution < -0.4 is 15.1 Å². The van der Waals surface area contributed by atoms with Crippen molar-refractivity contribution < 1.29 is 52.8 Å². The molecule has 1 saturated heterocycles. The van der Waals surface area contributed by atoms with Crippen molar-refractivity contribution in [2.24, 2.45) is 0 Å². The summed E-state index contributed by atoms with van der Waals surface area (Å²) in [7, 11) is -9.67. The topological polar surface area (TPSA) is 210 Å². The van der Waals surface area contributed by atoms with Crippen LogP contribution in [-0.2, 0) is 15.7 Å². The summed E-state index contributed by atoms with van der Waals surface area (Å²) in [6.45, 7) is 1.41. The Balaban J connectivity index is 2.17. The van der Waals surface area contributed by atoms with Gasteiger partial charge in [0, 0.05) is 39.1 Å². The normalized spacial score (nSPS) is 16.0. The average Bonchev–Trinajstić information content (AvgIpc) is 2.73. The predicted molar refractivity (Wildman–Crippen MR) is 120 cm³/mol. The number of benzene rings is 1. The van der Waals surface area contributed by atoms with Crippen molar-refractivity contribution in [2.45, 2.75) is 18.0 Å². The molecular weight excluding hydrogens is 515 g/mol. The van der Waals surface area contributed by atoms with Crippen molar-refractivity contribution in [3.05, 3.63) is 34.4 Å². The minimum absolute atomic E-state index is 0.0400. The van der Waals surface area contributed by atoms with Gasteiger partial charge in [0.1, 0.15) is 5.82 Å². The maximum atomic E-state index is 15.0. The first-order valence-electron chi connectivity index (χ1n) is 10.1. The smallest absolute Gasteiger partial charge is 0.449 e. The number of nitrogens with zero attached hydrogens (tertiary/aromatic N) is 3. The number of carbonyl (C=O) groups is 1. The highest BCUT2D eigenvalue weighted by molar-refractivity contribution is 7.72. The van der Waals surface area contributed by atoms with E-state index in [2.05, 4.69) is 4.74 Å². The zero-order valence-corrected chi connectivity index (χ0v) is 20.1. The first-order valence-corrected chi connectivity index (χ1v) is 13.3. The van der Waals surface area contributed by atoms with Gasteiger partial charge in [-0.3, -0.25) is 13.9 Å². The number of aliphatic hydroxyl groups is 1. The number of pyridine rings is 1. The molecule has 0 spiro atoms. The molecule has 0 bridgehead atoms. The minimum atomic E-state index is -5.78. The van der Waals surface area contributed by atoms with Crippen LogP contribution in [0.15, 0.2) is 23.1 Å². The molecule has 0 unspecified atom stereocenters. The fraction of sp³-hybridized carbons (Fsp3) is 0.444. The van der Waals surface area contributed by atoms with E-state index in [0.717, 1.165) is 16.8 Å². The third-order valence-electron chi connectivity index (χ3n) is 5.78. The number of fused-ring (bicyclic) bond motifs is 1. The minimum Gasteiger partial charge on any atom is -0.449 e. The molecule has 17 heteroatoms. The molecule has 2 aromatic rings. The number of anilines is 1. The highest BCUT2D eigenvalue weighted by Gasteiger charge is 2.58. The van der Waals surface area contributed by atoms with Gasteiger partial charge in [0.2, 0.25) is 5.43 Å². The molecule has 6 N–H and O–H groups in total. The van der Waals surface area contributed by atoms with E-state index in [1.54, 1.807) is 4.90 Å². The number of hydrogen-bond acceptors (Lipinski definition) is 8. The van der Waals surface area contributed by atoms with Gasteiger partial charge in [-0.15, -0.1) is 0 Å². The Morgan fingerprint density at radius 3 is 2.20 bits per heavy atom. The summed E-state index contributed by atoms with van der Waals surface area (Å²) < 4.78 is 43.9. The Morgan fingerprint density at radius 2 is 1.69 bits per heavy atom. The second-order valence-electron chi connectivity index (χ2n) is 8.11. The molecule has 0 atom stereocenters. The van der Waals surface area contributed by atoms with E-state index >= 15 is 0 Å². The number of aryl methyl sites for hydroxylation is 1. The lowest BCUT2D eigenvalue weighted by molar-refractivity contribution is 0.119. The molecule has 194 valence electrons. The van der Waals surface area contributed by atoms with Crippen molar-refractivity contribution in [1.82, 2.24) is 9.47 Å². The Labute approximate surface area is 197 Å². The molecule has 1 aromatic heterocycles. The number of aromatic nitrogens is 1. The average molecular weight is 539 g/mol. The maximum Gasteiger partial charge on any atom is 0.511 e. The number of piperazine rings is 1. The second kappa shape index (κ2) is 9.60. The zero-order valence-electron chi connectivity index (χ0n) is 18.3. The van der Waals surface area contributed by atoms with Gasteiger partial charge in [-0.2, -0.15) is 0 Å². The van der Waals surface area contributed by atoms with Crippen LogP contribution in [0.5, 0.6) is 5.75 Å². The van der Waals surface area contributed by atoms with Gasteiger partial charge in [-0.05, 0) is 19.2 Å². The van der Waals surface area contributed by atoms with Gasteiger partial charge in [0.25, 0.3) is 5.08 Å². The molecular formula is C18H24FN3O11P2. The number of carboxylic acid groups (broad SMARTS) is 1. The summed E-state index contributed by atoms with van der Waals surface area (Å²) in [5.74, 6) is -1.58. The summed E-state index contributed by atoms with van der Waals surface area (Å²) in [6.07, 6.45) is -2.23. The van der Waals surface area contributed by atoms with Crippen LogP contribution in [0.4, 0.5) is 14.9 Å². The predicted octanol–water partition coefficient (Wildman–Crippen LogP) is 0.341. The number of rotatable bonds is 7. The molecule has 1 aromatic carbocycles.